The molecule has 0 aliphatic heterocycles. The highest BCUT2D eigenvalue weighted by molar-refractivity contribution is 8.77. The third-order valence-corrected chi connectivity index (χ3v) is 4.08. The van der Waals surface area contributed by atoms with E-state index in [9.17, 15) is 0 Å². The number of hydrogen-bond acceptors (Lipinski definition) is 2. The van der Waals surface area contributed by atoms with E-state index in [1.165, 1.54) is 0 Å². The summed E-state index contributed by atoms with van der Waals surface area (Å²) in [5.41, 5.74) is 0. The van der Waals surface area contributed by atoms with E-state index in [0.29, 0.717) is 4.75 Å². The fourth-order valence-electron chi connectivity index (χ4n) is 0.485. The monoisotopic (exact) mass is 190 g/mol. The van der Waals surface area contributed by atoms with Gasteiger partial charge in [0.2, 0.25) is 0 Å². The van der Waals surface area contributed by atoms with Crippen molar-refractivity contribution in [3.05, 3.63) is 12.2 Å². The van der Waals surface area contributed by atoms with Gasteiger partial charge in [0, 0.05) is 10.5 Å². The molecule has 0 aliphatic carbocycles. The van der Waals surface area contributed by atoms with Gasteiger partial charge in [-0.2, -0.15) is 0 Å². The fourth-order valence-corrected chi connectivity index (χ4v) is 2.62. The van der Waals surface area contributed by atoms with Crippen molar-refractivity contribution in [2.24, 2.45) is 0 Å². The molecule has 0 radical (unpaired) electrons. The maximum absolute atomic E-state index is 2.24. The molecule has 0 saturated heterocycles. The second-order valence-electron chi connectivity index (χ2n) is 3.36. The SMILES string of the molecule is CC/C=C\CSSC(C)(C)C. The molecule has 0 N–H and O–H groups in total. The Hall–Kier alpha value is 0.440. The van der Waals surface area contributed by atoms with Crippen LogP contribution in [0.5, 0.6) is 0 Å². The third kappa shape index (κ3) is 10.4. The van der Waals surface area contributed by atoms with Crippen LogP contribution < -0.4 is 0 Å². The topological polar surface area (TPSA) is 0 Å². The summed E-state index contributed by atoms with van der Waals surface area (Å²) in [5.74, 6) is 1.13. The average molecular weight is 190 g/mol. The highest BCUT2D eigenvalue weighted by atomic mass is 33.1. The molecule has 66 valence electrons. The lowest BCUT2D eigenvalue weighted by atomic mass is 10.3. The van der Waals surface area contributed by atoms with Crippen LogP contribution in [0.3, 0.4) is 0 Å². The zero-order valence-electron chi connectivity index (χ0n) is 7.89. The molecule has 0 bridgehead atoms. The van der Waals surface area contributed by atoms with Gasteiger partial charge < -0.3 is 0 Å². The molecule has 0 rings (SSSR count). The lowest BCUT2D eigenvalue weighted by molar-refractivity contribution is 0.810. The Labute approximate surface area is 78.6 Å². The van der Waals surface area contributed by atoms with Crippen molar-refractivity contribution < 1.29 is 0 Å². The molecule has 0 aromatic carbocycles. The molecule has 0 nitrogen and oxygen atoms in total. The van der Waals surface area contributed by atoms with E-state index in [1.54, 1.807) is 0 Å². The van der Waals surface area contributed by atoms with Crippen LogP contribution in [0.2, 0.25) is 0 Å². The molecule has 0 amide bonds. The predicted octanol–water partition coefficient (Wildman–Crippen LogP) is 4.13. The first-order valence-electron chi connectivity index (χ1n) is 4.02. The van der Waals surface area contributed by atoms with Gasteiger partial charge in [0.15, 0.2) is 0 Å². The second kappa shape index (κ2) is 6.01. The molecule has 0 aliphatic rings. The van der Waals surface area contributed by atoms with Gasteiger partial charge in [0.25, 0.3) is 0 Å². The molecule has 0 heterocycles. The summed E-state index contributed by atoms with van der Waals surface area (Å²) in [6, 6.07) is 0. The summed E-state index contributed by atoms with van der Waals surface area (Å²) in [7, 11) is 3.88. The van der Waals surface area contributed by atoms with Crippen LogP contribution in [-0.2, 0) is 0 Å². The highest BCUT2D eigenvalue weighted by Crippen LogP contribution is 2.34. The van der Waals surface area contributed by atoms with Gasteiger partial charge in [-0.1, -0.05) is 61.4 Å². The lowest BCUT2D eigenvalue weighted by Gasteiger charge is -2.15. The van der Waals surface area contributed by atoms with Gasteiger partial charge >= 0.3 is 0 Å². The number of hydrogen-bond donors (Lipinski definition) is 0. The van der Waals surface area contributed by atoms with E-state index < -0.39 is 0 Å². The standard InChI is InChI=1S/C9H18S2/c1-5-6-7-8-10-11-9(2,3)4/h6-7H,5,8H2,1-4H3/b7-6-. The van der Waals surface area contributed by atoms with Crippen molar-refractivity contribution >= 4 is 21.6 Å². The molecule has 0 fully saturated rings. The summed E-state index contributed by atoms with van der Waals surface area (Å²) < 4.78 is 0.394. The Morgan fingerprint density at radius 2 is 1.82 bits per heavy atom. The van der Waals surface area contributed by atoms with Crippen molar-refractivity contribution in [1.29, 1.82) is 0 Å². The molecule has 0 atom stereocenters. The molecular weight excluding hydrogens is 172 g/mol. The van der Waals surface area contributed by atoms with E-state index in [4.69, 9.17) is 0 Å². The first-order chi connectivity index (χ1) is 5.06. The Kier molecular flexibility index (Phi) is 6.25. The first-order valence-corrected chi connectivity index (χ1v) is 6.34. The minimum atomic E-state index is 0.394. The maximum Gasteiger partial charge on any atom is 0.0218 e. The molecule has 2 heteroatoms. The van der Waals surface area contributed by atoms with Crippen LogP contribution in [0.1, 0.15) is 34.1 Å². The van der Waals surface area contributed by atoms with Gasteiger partial charge in [-0.05, 0) is 6.42 Å². The van der Waals surface area contributed by atoms with Crippen LogP contribution in [0.15, 0.2) is 12.2 Å². The van der Waals surface area contributed by atoms with Crippen molar-refractivity contribution in [3.63, 3.8) is 0 Å². The molecular formula is C9H18S2. The van der Waals surface area contributed by atoms with Crippen LogP contribution in [-0.4, -0.2) is 10.5 Å². The van der Waals surface area contributed by atoms with Gasteiger partial charge in [-0.3, -0.25) is 0 Å². The van der Waals surface area contributed by atoms with Crippen LogP contribution >= 0.6 is 21.6 Å². The van der Waals surface area contributed by atoms with Crippen molar-refractivity contribution in [3.8, 4) is 0 Å². The Balaban J connectivity index is 3.21. The second-order valence-corrected chi connectivity index (χ2v) is 6.53. The van der Waals surface area contributed by atoms with Gasteiger partial charge in [0.05, 0.1) is 0 Å². The zero-order chi connectivity index (χ0) is 8.74. The van der Waals surface area contributed by atoms with E-state index in [-0.39, 0.29) is 0 Å². The van der Waals surface area contributed by atoms with Crippen molar-refractivity contribution in [1.82, 2.24) is 0 Å². The zero-order valence-corrected chi connectivity index (χ0v) is 9.52. The Morgan fingerprint density at radius 3 is 2.27 bits per heavy atom. The minimum Gasteiger partial charge on any atom is -0.0894 e. The van der Waals surface area contributed by atoms with Crippen LogP contribution in [0.4, 0.5) is 0 Å². The molecule has 0 unspecified atom stereocenters. The summed E-state index contributed by atoms with van der Waals surface area (Å²) >= 11 is 0. The molecule has 0 saturated carbocycles. The Bertz CT molecular complexity index is 111. The average Bonchev–Trinajstić information content (AvgIpc) is 1.85. The largest absolute Gasteiger partial charge is 0.0894 e. The summed E-state index contributed by atoms with van der Waals surface area (Å²) in [4.78, 5) is 0. The predicted molar refractivity (Wildman–Crippen MR) is 59.2 cm³/mol. The quantitative estimate of drug-likeness (QED) is 0.371. The summed E-state index contributed by atoms with van der Waals surface area (Å²) in [6.45, 7) is 8.90. The molecule has 0 aromatic heterocycles. The van der Waals surface area contributed by atoms with Gasteiger partial charge in [-0.15, -0.1) is 0 Å². The Morgan fingerprint density at radius 1 is 1.18 bits per heavy atom. The summed E-state index contributed by atoms with van der Waals surface area (Å²) in [5, 5.41) is 0. The van der Waals surface area contributed by atoms with E-state index in [1.807, 2.05) is 21.6 Å². The normalized spacial score (nSPS) is 12.7. The molecule has 11 heavy (non-hydrogen) atoms. The van der Waals surface area contributed by atoms with E-state index in [0.717, 1.165) is 12.2 Å². The maximum atomic E-state index is 2.24. The van der Waals surface area contributed by atoms with Crippen molar-refractivity contribution in [2.75, 3.05) is 5.75 Å². The molecule has 0 aromatic rings. The number of allylic oxidation sites excluding steroid dienone is 1. The van der Waals surface area contributed by atoms with Crippen molar-refractivity contribution in [2.45, 2.75) is 38.9 Å². The number of rotatable bonds is 4. The first kappa shape index (κ1) is 11.4. The summed E-state index contributed by atoms with van der Waals surface area (Å²) in [6.07, 6.45) is 5.61. The smallest absolute Gasteiger partial charge is 0.0218 e. The lowest BCUT2D eigenvalue weighted by Crippen LogP contribution is -2.04. The minimum absolute atomic E-state index is 0.394. The van der Waals surface area contributed by atoms with Crippen LogP contribution in [0.25, 0.3) is 0 Å². The molecule has 0 spiro atoms. The van der Waals surface area contributed by atoms with Gasteiger partial charge in [-0.25, -0.2) is 0 Å². The van der Waals surface area contributed by atoms with Gasteiger partial charge in [0.1, 0.15) is 0 Å². The van der Waals surface area contributed by atoms with E-state index >= 15 is 0 Å². The van der Waals surface area contributed by atoms with E-state index in [2.05, 4.69) is 39.8 Å². The van der Waals surface area contributed by atoms with Crippen LogP contribution in [0, 0.1) is 0 Å². The highest BCUT2D eigenvalue weighted by Gasteiger charge is 2.09. The third-order valence-electron chi connectivity index (χ3n) is 0.876. The fraction of sp³-hybridized carbons (Fsp3) is 0.778.